The van der Waals surface area contributed by atoms with Gasteiger partial charge in [-0.2, -0.15) is 0 Å². The minimum Gasteiger partial charge on any atom is -0.468 e. The number of benzene rings is 1. The van der Waals surface area contributed by atoms with E-state index in [9.17, 15) is 19.7 Å². The third-order valence-electron chi connectivity index (χ3n) is 3.06. The monoisotopic (exact) mass is 288 g/mol. The molecule has 21 heavy (non-hydrogen) atoms. The molecule has 1 fully saturated rings. The predicted octanol–water partition coefficient (Wildman–Crippen LogP) is 1.41. The number of amides is 1. The van der Waals surface area contributed by atoms with E-state index in [1.54, 1.807) is 0 Å². The van der Waals surface area contributed by atoms with Gasteiger partial charge >= 0.3 is 5.97 Å². The van der Waals surface area contributed by atoms with Crippen LogP contribution in [-0.2, 0) is 14.3 Å². The van der Waals surface area contributed by atoms with Crippen molar-refractivity contribution >= 4 is 23.6 Å². The van der Waals surface area contributed by atoms with Gasteiger partial charge in [0, 0.05) is 23.4 Å². The zero-order valence-corrected chi connectivity index (χ0v) is 11.2. The van der Waals surface area contributed by atoms with E-state index in [1.165, 1.54) is 37.5 Å². The minimum absolute atomic E-state index is 0.0537. The molecule has 0 saturated carbocycles. The second-order valence-electron chi connectivity index (χ2n) is 4.38. The number of esters is 1. The summed E-state index contributed by atoms with van der Waals surface area (Å²) >= 11 is 0. The average Bonchev–Trinajstić information content (AvgIpc) is 2.73. The second kappa shape index (κ2) is 5.58. The molecule has 0 aliphatic carbocycles. The Kier molecular flexibility index (Phi) is 3.84. The standard InChI is InChI=1S/C14H12N2O5/c1-8-12(14(18)21-2)11(13(17)15-8)7-9-3-5-10(6-4-9)16(19)20/h3-7,12H,1H2,2H3,(H,15,17)/b11-7+/t12-/m0/s1. The van der Waals surface area contributed by atoms with Gasteiger partial charge in [0.2, 0.25) is 0 Å². The molecular weight excluding hydrogens is 276 g/mol. The van der Waals surface area contributed by atoms with Gasteiger partial charge in [-0.05, 0) is 23.8 Å². The number of nitro groups is 1. The molecule has 1 aliphatic heterocycles. The van der Waals surface area contributed by atoms with Gasteiger partial charge in [-0.25, -0.2) is 0 Å². The maximum atomic E-state index is 11.8. The predicted molar refractivity (Wildman–Crippen MR) is 73.9 cm³/mol. The largest absolute Gasteiger partial charge is 0.468 e. The summed E-state index contributed by atoms with van der Waals surface area (Å²) in [5.41, 5.74) is 0.956. The van der Waals surface area contributed by atoms with Crippen LogP contribution in [-0.4, -0.2) is 23.9 Å². The van der Waals surface area contributed by atoms with Crippen molar-refractivity contribution in [3.63, 3.8) is 0 Å². The van der Waals surface area contributed by atoms with Crippen molar-refractivity contribution in [1.82, 2.24) is 5.32 Å². The number of ether oxygens (including phenoxy) is 1. The Bertz CT molecular complexity index is 660. The first kappa shape index (κ1) is 14.4. The maximum Gasteiger partial charge on any atom is 0.319 e. The molecule has 0 bridgehead atoms. The summed E-state index contributed by atoms with van der Waals surface area (Å²) in [4.78, 5) is 33.6. The van der Waals surface area contributed by atoms with Crippen molar-refractivity contribution in [1.29, 1.82) is 0 Å². The van der Waals surface area contributed by atoms with Crippen molar-refractivity contribution in [3.05, 3.63) is 57.8 Å². The Morgan fingerprint density at radius 2 is 2.05 bits per heavy atom. The summed E-state index contributed by atoms with van der Waals surface area (Å²) in [6, 6.07) is 5.63. The average molecular weight is 288 g/mol. The first-order chi connectivity index (χ1) is 9.93. The second-order valence-corrected chi connectivity index (χ2v) is 4.38. The highest BCUT2D eigenvalue weighted by molar-refractivity contribution is 6.08. The minimum atomic E-state index is -0.877. The summed E-state index contributed by atoms with van der Waals surface area (Å²) in [6.07, 6.45) is 1.48. The van der Waals surface area contributed by atoms with Crippen molar-refractivity contribution in [2.24, 2.45) is 5.92 Å². The molecule has 1 aromatic rings. The molecule has 108 valence electrons. The molecule has 0 radical (unpaired) electrons. The van der Waals surface area contributed by atoms with Crippen LogP contribution >= 0.6 is 0 Å². The first-order valence-corrected chi connectivity index (χ1v) is 5.98. The van der Waals surface area contributed by atoms with Crippen LogP contribution < -0.4 is 5.32 Å². The number of nitro benzene ring substituents is 1. The number of rotatable bonds is 3. The number of methoxy groups -OCH3 is 1. The molecule has 1 N–H and O–H groups in total. The molecule has 1 amide bonds. The zero-order chi connectivity index (χ0) is 15.6. The van der Waals surface area contributed by atoms with Gasteiger partial charge in [0.15, 0.2) is 0 Å². The van der Waals surface area contributed by atoms with E-state index < -0.39 is 22.7 Å². The third kappa shape index (κ3) is 2.81. The van der Waals surface area contributed by atoms with E-state index >= 15 is 0 Å². The van der Waals surface area contributed by atoms with Crippen LogP contribution in [0.4, 0.5) is 5.69 Å². The molecule has 1 atom stereocenters. The lowest BCUT2D eigenvalue weighted by atomic mass is 9.98. The number of carbonyl (C=O) groups excluding carboxylic acids is 2. The van der Waals surface area contributed by atoms with Crippen molar-refractivity contribution in [2.45, 2.75) is 0 Å². The van der Waals surface area contributed by atoms with Crippen LogP contribution in [0.15, 0.2) is 42.1 Å². The van der Waals surface area contributed by atoms with Crippen LogP contribution in [0, 0.1) is 16.0 Å². The zero-order valence-electron chi connectivity index (χ0n) is 11.2. The third-order valence-corrected chi connectivity index (χ3v) is 3.06. The first-order valence-electron chi connectivity index (χ1n) is 5.98. The number of carbonyl (C=O) groups is 2. The molecule has 0 spiro atoms. The normalized spacial score (nSPS) is 19.5. The molecular formula is C14H12N2O5. The van der Waals surface area contributed by atoms with Crippen LogP contribution in [0.1, 0.15) is 5.56 Å². The van der Waals surface area contributed by atoms with Crippen LogP contribution in [0.25, 0.3) is 6.08 Å². The highest BCUT2D eigenvalue weighted by Gasteiger charge is 2.37. The number of non-ortho nitro benzene ring substituents is 1. The van der Waals surface area contributed by atoms with Crippen LogP contribution in [0.3, 0.4) is 0 Å². The molecule has 1 saturated heterocycles. The van der Waals surface area contributed by atoms with Crippen molar-refractivity contribution in [2.75, 3.05) is 7.11 Å². The van der Waals surface area contributed by atoms with E-state index in [-0.39, 0.29) is 17.0 Å². The number of hydrogen-bond donors (Lipinski definition) is 1. The topological polar surface area (TPSA) is 98.5 Å². The number of nitrogens with zero attached hydrogens (tertiary/aromatic N) is 1. The van der Waals surface area contributed by atoms with Gasteiger partial charge in [-0.1, -0.05) is 6.58 Å². The molecule has 1 heterocycles. The molecule has 1 aromatic carbocycles. The number of nitrogens with one attached hydrogen (secondary N) is 1. The summed E-state index contributed by atoms with van der Waals surface area (Å²) < 4.78 is 4.65. The molecule has 0 unspecified atom stereocenters. The fraction of sp³-hybridized carbons (Fsp3) is 0.143. The van der Waals surface area contributed by atoms with E-state index in [4.69, 9.17) is 0 Å². The van der Waals surface area contributed by atoms with Gasteiger partial charge < -0.3 is 10.1 Å². The lowest BCUT2D eigenvalue weighted by Gasteiger charge is -2.08. The van der Waals surface area contributed by atoms with Gasteiger partial charge in [-0.3, -0.25) is 19.7 Å². The summed E-state index contributed by atoms with van der Waals surface area (Å²) in [5.74, 6) is -1.90. The maximum absolute atomic E-state index is 11.8. The highest BCUT2D eigenvalue weighted by atomic mass is 16.6. The lowest BCUT2D eigenvalue weighted by Crippen LogP contribution is -2.17. The summed E-state index contributed by atoms with van der Waals surface area (Å²) in [7, 11) is 1.22. The van der Waals surface area contributed by atoms with Gasteiger partial charge in [-0.15, -0.1) is 0 Å². The Hall–Kier alpha value is -2.96. The lowest BCUT2D eigenvalue weighted by molar-refractivity contribution is -0.384. The SMILES string of the molecule is C=C1NC(=O)/C(=C/c2ccc([N+](=O)[O-])cc2)[C@H]1C(=O)OC. The summed E-state index contributed by atoms with van der Waals surface area (Å²) in [5, 5.41) is 13.1. The quantitative estimate of drug-likeness (QED) is 0.392. The highest BCUT2D eigenvalue weighted by Crippen LogP contribution is 2.28. The van der Waals surface area contributed by atoms with Gasteiger partial charge in [0.1, 0.15) is 5.92 Å². The van der Waals surface area contributed by atoms with E-state index in [2.05, 4.69) is 16.6 Å². The smallest absolute Gasteiger partial charge is 0.319 e. The Morgan fingerprint density at radius 1 is 1.43 bits per heavy atom. The van der Waals surface area contributed by atoms with E-state index in [1.807, 2.05) is 0 Å². The fourth-order valence-corrected chi connectivity index (χ4v) is 2.02. The van der Waals surface area contributed by atoms with Gasteiger partial charge in [0.05, 0.1) is 12.0 Å². The van der Waals surface area contributed by atoms with Crippen LogP contribution in [0.2, 0.25) is 0 Å². The molecule has 7 heteroatoms. The Labute approximate surface area is 120 Å². The van der Waals surface area contributed by atoms with E-state index in [0.29, 0.717) is 5.56 Å². The molecule has 1 aliphatic rings. The number of hydrogen-bond acceptors (Lipinski definition) is 5. The van der Waals surface area contributed by atoms with Crippen LogP contribution in [0.5, 0.6) is 0 Å². The Balaban J connectivity index is 2.37. The molecule has 0 aromatic heterocycles. The molecule has 7 nitrogen and oxygen atoms in total. The summed E-state index contributed by atoms with van der Waals surface area (Å²) in [6.45, 7) is 3.62. The fourth-order valence-electron chi connectivity index (χ4n) is 2.02. The van der Waals surface area contributed by atoms with Crippen molar-refractivity contribution in [3.8, 4) is 0 Å². The van der Waals surface area contributed by atoms with E-state index in [0.717, 1.165) is 0 Å². The van der Waals surface area contributed by atoms with Gasteiger partial charge in [0.25, 0.3) is 11.6 Å². The van der Waals surface area contributed by atoms with Crippen molar-refractivity contribution < 1.29 is 19.2 Å². The Morgan fingerprint density at radius 3 is 2.57 bits per heavy atom. The molecule has 2 rings (SSSR count).